The smallest absolute Gasteiger partial charge is 0.255 e. The lowest BCUT2D eigenvalue weighted by molar-refractivity contribution is 0.0828. The van der Waals surface area contributed by atoms with E-state index in [1.807, 2.05) is 49.5 Å². The van der Waals surface area contributed by atoms with Crippen LogP contribution in [0.1, 0.15) is 22.3 Å². The van der Waals surface area contributed by atoms with Gasteiger partial charge in [-0.25, -0.2) is 4.98 Å². The van der Waals surface area contributed by atoms with Crippen LogP contribution in [0.15, 0.2) is 42.6 Å². The summed E-state index contributed by atoms with van der Waals surface area (Å²) in [5.41, 5.74) is 2.82. The summed E-state index contributed by atoms with van der Waals surface area (Å²) >= 11 is 0. The molecule has 24 heavy (non-hydrogen) atoms. The van der Waals surface area contributed by atoms with Crippen LogP contribution in [0.4, 0.5) is 5.69 Å². The van der Waals surface area contributed by atoms with E-state index in [2.05, 4.69) is 9.88 Å². The number of ether oxygens (including phenoxy) is 1. The zero-order valence-corrected chi connectivity index (χ0v) is 14.4. The lowest BCUT2D eigenvalue weighted by Crippen LogP contribution is -2.28. The summed E-state index contributed by atoms with van der Waals surface area (Å²) in [6.45, 7) is 3.63. The predicted molar refractivity (Wildman–Crippen MR) is 94.7 cm³/mol. The molecule has 0 aliphatic carbocycles. The summed E-state index contributed by atoms with van der Waals surface area (Å²) in [7, 11) is 3.55. The molecule has 0 N–H and O–H groups in total. The molecule has 126 valence electrons. The van der Waals surface area contributed by atoms with Crippen molar-refractivity contribution in [1.82, 2.24) is 9.88 Å². The average Bonchev–Trinajstić information content (AvgIpc) is 3.04. The van der Waals surface area contributed by atoms with Crippen LogP contribution in [0, 0.1) is 6.92 Å². The molecule has 1 aromatic heterocycles. The van der Waals surface area contributed by atoms with E-state index in [1.165, 1.54) is 0 Å². The monoisotopic (exact) mass is 325 g/mol. The van der Waals surface area contributed by atoms with Gasteiger partial charge in [0.2, 0.25) is 5.88 Å². The molecule has 1 fully saturated rings. The first-order valence-electron chi connectivity index (χ1n) is 8.19. The summed E-state index contributed by atoms with van der Waals surface area (Å²) in [5, 5.41) is 0. The summed E-state index contributed by atoms with van der Waals surface area (Å²) < 4.78 is 5.98. The van der Waals surface area contributed by atoms with Crippen LogP contribution in [0.25, 0.3) is 0 Å². The number of amides is 1. The van der Waals surface area contributed by atoms with Gasteiger partial charge in [-0.3, -0.25) is 4.79 Å². The van der Waals surface area contributed by atoms with Crippen LogP contribution < -0.4 is 9.64 Å². The molecule has 0 saturated carbocycles. The zero-order chi connectivity index (χ0) is 17.1. The number of carbonyl (C=O) groups is 1. The zero-order valence-electron chi connectivity index (χ0n) is 14.4. The maximum Gasteiger partial charge on any atom is 0.255 e. The molecule has 0 bridgehead atoms. The third-order valence-electron chi connectivity index (χ3n) is 4.20. The van der Waals surface area contributed by atoms with Gasteiger partial charge in [0.1, 0.15) is 6.10 Å². The van der Waals surface area contributed by atoms with Gasteiger partial charge in [0.05, 0.1) is 12.1 Å². The number of hydrogen-bond acceptors (Lipinski definition) is 4. The highest BCUT2D eigenvalue weighted by Crippen LogP contribution is 2.27. The van der Waals surface area contributed by atoms with Gasteiger partial charge in [0.25, 0.3) is 5.91 Å². The average molecular weight is 325 g/mol. The first-order chi connectivity index (χ1) is 11.5. The minimum Gasteiger partial charge on any atom is -0.472 e. The Morgan fingerprint density at radius 2 is 2.04 bits per heavy atom. The standard InChI is InChI=1S/C19H23N3O2/c1-14-8-9-18(20-12-14)24-15-10-11-22(13-15)17-7-5-4-6-16(17)19(23)21(2)3/h4-9,12,15H,10-11,13H2,1-3H3/t15-/m0/s1. The fourth-order valence-corrected chi connectivity index (χ4v) is 2.91. The van der Waals surface area contributed by atoms with Crippen LogP contribution in [-0.2, 0) is 0 Å². The number of para-hydroxylation sites is 1. The molecule has 1 saturated heterocycles. The Labute approximate surface area is 142 Å². The van der Waals surface area contributed by atoms with Crippen molar-refractivity contribution in [2.24, 2.45) is 0 Å². The second-order valence-electron chi connectivity index (χ2n) is 6.37. The predicted octanol–water partition coefficient (Wildman–Crippen LogP) is 2.75. The van der Waals surface area contributed by atoms with Crippen molar-refractivity contribution in [2.75, 3.05) is 32.1 Å². The lowest BCUT2D eigenvalue weighted by atomic mass is 10.1. The molecular formula is C19H23N3O2. The molecule has 2 aromatic rings. The van der Waals surface area contributed by atoms with E-state index in [9.17, 15) is 4.79 Å². The van der Waals surface area contributed by atoms with Gasteiger partial charge in [-0.15, -0.1) is 0 Å². The summed E-state index contributed by atoms with van der Waals surface area (Å²) in [6, 6.07) is 11.7. The molecular weight excluding hydrogens is 302 g/mol. The fourth-order valence-electron chi connectivity index (χ4n) is 2.91. The number of carbonyl (C=O) groups excluding carboxylic acids is 1. The topological polar surface area (TPSA) is 45.7 Å². The largest absolute Gasteiger partial charge is 0.472 e. The van der Waals surface area contributed by atoms with Crippen LogP contribution in [0.2, 0.25) is 0 Å². The van der Waals surface area contributed by atoms with E-state index in [1.54, 1.807) is 19.0 Å². The van der Waals surface area contributed by atoms with E-state index in [0.29, 0.717) is 5.88 Å². The van der Waals surface area contributed by atoms with Crippen molar-refractivity contribution in [1.29, 1.82) is 0 Å². The van der Waals surface area contributed by atoms with Crippen LogP contribution in [-0.4, -0.2) is 49.1 Å². The van der Waals surface area contributed by atoms with Gasteiger partial charge in [-0.1, -0.05) is 18.2 Å². The van der Waals surface area contributed by atoms with Gasteiger partial charge >= 0.3 is 0 Å². The van der Waals surface area contributed by atoms with E-state index < -0.39 is 0 Å². The summed E-state index contributed by atoms with van der Waals surface area (Å²) in [6.07, 6.45) is 2.82. The number of hydrogen-bond donors (Lipinski definition) is 0. The Hall–Kier alpha value is -2.56. The van der Waals surface area contributed by atoms with E-state index in [4.69, 9.17) is 4.74 Å². The van der Waals surface area contributed by atoms with Gasteiger partial charge in [0.15, 0.2) is 0 Å². The quantitative estimate of drug-likeness (QED) is 0.867. The van der Waals surface area contributed by atoms with Gasteiger partial charge in [-0.2, -0.15) is 0 Å². The minimum atomic E-state index is 0.0233. The Bertz CT molecular complexity index is 713. The van der Waals surface area contributed by atoms with Crippen LogP contribution in [0.5, 0.6) is 5.88 Å². The lowest BCUT2D eigenvalue weighted by Gasteiger charge is -2.23. The van der Waals surface area contributed by atoms with Crippen LogP contribution >= 0.6 is 0 Å². The molecule has 0 spiro atoms. The number of rotatable bonds is 4. The molecule has 1 aliphatic heterocycles. The Morgan fingerprint density at radius 1 is 1.25 bits per heavy atom. The van der Waals surface area contributed by atoms with E-state index >= 15 is 0 Å². The van der Waals surface area contributed by atoms with Gasteiger partial charge < -0.3 is 14.5 Å². The second-order valence-corrected chi connectivity index (χ2v) is 6.37. The molecule has 1 aromatic carbocycles. The molecule has 0 radical (unpaired) electrons. The summed E-state index contributed by atoms with van der Waals surface area (Å²) in [4.78, 5) is 20.5. The first-order valence-corrected chi connectivity index (χ1v) is 8.19. The Morgan fingerprint density at radius 3 is 2.75 bits per heavy atom. The molecule has 3 rings (SSSR count). The van der Waals surface area contributed by atoms with Crippen molar-refractivity contribution < 1.29 is 9.53 Å². The number of nitrogens with zero attached hydrogens (tertiary/aromatic N) is 3. The summed E-state index contributed by atoms with van der Waals surface area (Å²) in [5.74, 6) is 0.681. The third kappa shape index (κ3) is 3.50. The highest BCUT2D eigenvalue weighted by molar-refractivity contribution is 5.99. The highest BCUT2D eigenvalue weighted by Gasteiger charge is 2.27. The van der Waals surface area contributed by atoms with E-state index in [-0.39, 0.29) is 12.0 Å². The van der Waals surface area contributed by atoms with Crippen molar-refractivity contribution in [3.63, 3.8) is 0 Å². The minimum absolute atomic E-state index is 0.0233. The van der Waals surface area contributed by atoms with Gasteiger partial charge in [0, 0.05) is 45.0 Å². The molecule has 5 heteroatoms. The molecule has 1 atom stereocenters. The second kappa shape index (κ2) is 6.91. The molecule has 5 nitrogen and oxygen atoms in total. The van der Waals surface area contributed by atoms with Crippen molar-refractivity contribution in [3.05, 3.63) is 53.7 Å². The Balaban J connectivity index is 1.72. The SMILES string of the molecule is Cc1ccc(O[C@H]2CCN(c3ccccc3C(=O)N(C)C)C2)nc1. The number of anilines is 1. The number of pyridine rings is 1. The third-order valence-corrected chi connectivity index (χ3v) is 4.20. The normalized spacial score (nSPS) is 17.0. The first kappa shape index (κ1) is 16.3. The van der Waals surface area contributed by atoms with Crippen molar-refractivity contribution >= 4 is 11.6 Å². The molecule has 1 aliphatic rings. The van der Waals surface area contributed by atoms with Crippen LogP contribution in [0.3, 0.4) is 0 Å². The maximum atomic E-state index is 12.4. The van der Waals surface area contributed by atoms with Crippen molar-refractivity contribution in [2.45, 2.75) is 19.4 Å². The molecule has 0 unspecified atom stereocenters. The highest BCUT2D eigenvalue weighted by atomic mass is 16.5. The Kier molecular flexibility index (Phi) is 4.69. The van der Waals surface area contributed by atoms with E-state index in [0.717, 1.165) is 36.3 Å². The molecule has 2 heterocycles. The number of aromatic nitrogens is 1. The number of benzene rings is 1. The maximum absolute atomic E-state index is 12.4. The number of aryl methyl sites for hydroxylation is 1. The molecule has 1 amide bonds. The van der Waals surface area contributed by atoms with Crippen molar-refractivity contribution in [3.8, 4) is 5.88 Å². The fraction of sp³-hybridized carbons (Fsp3) is 0.368. The van der Waals surface area contributed by atoms with Gasteiger partial charge in [-0.05, 0) is 24.6 Å².